The van der Waals surface area contributed by atoms with Crippen LogP contribution < -0.4 is 0 Å². The first-order chi connectivity index (χ1) is 28.6. The van der Waals surface area contributed by atoms with Gasteiger partial charge in [-0.15, -0.1) is 0 Å². The SMILES string of the molecule is CCC/C=C\C/C=C\CCCCCCCC(=O)OCC(CO)OC(=O)CCCCCCCCCCCCCCCCCCCCC/C=C\C/C=C\CCCCCCC. The number of allylic oxidation sites excluding steroid dienone is 8. The van der Waals surface area contributed by atoms with Gasteiger partial charge in [0.1, 0.15) is 6.61 Å². The van der Waals surface area contributed by atoms with E-state index in [1.165, 1.54) is 167 Å². The van der Waals surface area contributed by atoms with Gasteiger partial charge in [0.05, 0.1) is 6.61 Å². The minimum atomic E-state index is -0.776. The second kappa shape index (κ2) is 49.2. The van der Waals surface area contributed by atoms with Crippen LogP contribution in [0.4, 0.5) is 0 Å². The third-order valence-corrected chi connectivity index (χ3v) is 11.1. The van der Waals surface area contributed by atoms with E-state index in [9.17, 15) is 14.7 Å². The molecule has 0 saturated carbocycles. The van der Waals surface area contributed by atoms with Gasteiger partial charge in [-0.25, -0.2) is 0 Å². The summed E-state index contributed by atoms with van der Waals surface area (Å²) in [5.41, 5.74) is 0. The highest BCUT2D eigenvalue weighted by molar-refractivity contribution is 5.70. The summed E-state index contributed by atoms with van der Waals surface area (Å²) in [6, 6.07) is 0. The zero-order valence-electron chi connectivity index (χ0n) is 38.6. The number of hydrogen-bond acceptors (Lipinski definition) is 5. The molecule has 1 unspecified atom stereocenters. The van der Waals surface area contributed by atoms with Gasteiger partial charge in [-0.1, -0.05) is 223 Å². The van der Waals surface area contributed by atoms with E-state index in [1.54, 1.807) is 0 Å². The van der Waals surface area contributed by atoms with Crippen LogP contribution in [0, 0.1) is 0 Å². The lowest BCUT2D eigenvalue weighted by molar-refractivity contribution is -0.161. The summed E-state index contributed by atoms with van der Waals surface area (Å²) in [7, 11) is 0. The molecule has 0 fully saturated rings. The van der Waals surface area contributed by atoms with E-state index in [2.05, 4.69) is 62.5 Å². The smallest absolute Gasteiger partial charge is 0.306 e. The summed E-state index contributed by atoms with van der Waals surface area (Å²) in [6.45, 7) is 4.07. The molecule has 5 nitrogen and oxygen atoms in total. The molecule has 5 heteroatoms. The van der Waals surface area contributed by atoms with E-state index in [0.29, 0.717) is 12.8 Å². The number of ether oxygens (including phenoxy) is 2. The molecule has 0 rings (SSSR count). The lowest BCUT2D eigenvalue weighted by Crippen LogP contribution is -2.28. The van der Waals surface area contributed by atoms with Gasteiger partial charge in [-0.05, 0) is 70.6 Å². The molecule has 0 radical (unpaired) electrons. The molecule has 0 saturated heterocycles. The number of carbonyl (C=O) groups is 2. The molecule has 0 aliphatic heterocycles. The normalized spacial score (nSPS) is 12.5. The van der Waals surface area contributed by atoms with Crippen molar-refractivity contribution in [1.29, 1.82) is 0 Å². The largest absolute Gasteiger partial charge is 0.462 e. The van der Waals surface area contributed by atoms with Gasteiger partial charge in [-0.3, -0.25) is 9.59 Å². The second-order valence-corrected chi connectivity index (χ2v) is 16.9. The lowest BCUT2D eigenvalue weighted by atomic mass is 10.0. The molecule has 0 aromatic heterocycles. The Hall–Kier alpha value is -2.14. The van der Waals surface area contributed by atoms with Gasteiger partial charge in [0.25, 0.3) is 0 Å². The molecule has 0 aromatic carbocycles. The predicted molar refractivity (Wildman–Crippen MR) is 251 cm³/mol. The van der Waals surface area contributed by atoms with Crippen LogP contribution in [0.25, 0.3) is 0 Å². The van der Waals surface area contributed by atoms with Crippen molar-refractivity contribution in [2.24, 2.45) is 0 Å². The van der Waals surface area contributed by atoms with Crippen molar-refractivity contribution in [1.82, 2.24) is 0 Å². The van der Waals surface area contributed by atoms with E-state index in [1.807, 2.05) is 0 Å². The minimum absolute atomic E-state index is 0.0714. The van der Waals surface area contributed by atoms with Crippen LogP contribution in [0.15, 0.2) is 48.6 Å². The Bertz CT molecular complexity index is 966. The van der Waals surface area contributed by atoms with E-state index in [4.69, 9.17) is 9.47 Å². The molecule has 0 aliphatic rings. The van der Waals surface area contributed by atoms with Gasteiger partial charge >= 0.3 is 11.9 Å². The average molecular weight is 813 g/mol. The van der Waals surface area contributed by atoms with Crippen LogP contribution in [0.1, 0.15) is 258 Å². The summed E-state index contributed by atoms with van der Waals surface area (Å²) in [5, 5.41) is 9.60. The highest BCUT2D eigenvalue weighted by Crippen LogP contribution is 2.16. The Morgan fingerprint density at radius 1 is 0.397 bits per heavy atom. The van der Waals surface area contributed by atoms with Crippen LogP contribution in [0.5, 0.6) is 0 Å². The van der Waals surface area contributed by atoms with Crippen molar-refractivity contribution in [2.75, 3.05) is 13.2 Å². The van der Waals surface area contributed by atoms with Crippen LogP contribution >= 0.6 is 0 Å². The molecule has 1 atom stereocenters. The first-order valence-electron chi connectivity index (χ1n) is 25.2. The zero-order chi connectivity index (χ0) is 42.1. The third-order valence-electron chi connectivity index (χ3n) is 11.1. The zero-order valence-corrected chi connectivity index (χ0v) is 38.6. The molecule has 0 heterocycles. The summed E-state index contributed by atoms with van der Waals surface area (Å²) in [5.74, 6) is -0.600. The number of aliphatic hydroxyl groups excluding tert-OH is 1. The first kappa shape index (κ1) is 55.9. The monoisotopic (exact) mass is 813 g/mol. The standard InChI is InChI=1S/C53H96O5/c1-3-5-7-9-11-13-15-17-18-19-20-21-22-23-24-25-26-27-28-29-30-31-32-33-34-36-38-40-42-44-46-48-53(56)58-51(49-54)50-57-52(55)47-45-43-41-39-37-35-16-14-12-10-8-6-4-2/h8,10,14-17,19-20,51,54H,3-7,9,11-13,18,21-50H2,1-2H3/b10-8-,16-14-,17-15-,20-19-. The summed E-state index contributed by atoms with van der Waals surface area (Å²) in [6.07, 6.45) is 63.6. The van der Waals surface area contributed by atoms with E-state index in [-0.39, 0.29) is 25.2 Å². The van der Waals surface area contributed by atoms with Gasteiger partial charge in [-0.2, -0.15) is 0 Å². The fourth-order valence-electron chi connectivity index (χ4n) is 7.27. The Morgan fingerprint density at radius 2 is 0.724 bits per heavy atom. The predicted octanol–water partition coefficient (Wildman–Crippen LogP) is 16.5. The molecule has 0 bridgehead atoms. The van der Waals surface area contributed by atoms with Crippen molar-refractivity contribution < 1.29 is 24.2 Å². The molecular weight excluding hydrogens is 717 g/mol. The van der Waals surface area contributed by atoms with E-state index >= 15 is 0 Å². The Morgan fingerprint density at radius 3 is 1.09 bits per heavy atom. The quantitative estimate of drug-likeness (QED) is 0.0376. The van der Waals surface area contributed by atoms with E-state index < -0.39 is 6.10 Å². The van der Waals surface area contributed by atoms with Crippen molar-refractivity contribution in [3.63, 3.8) is 0 Å². The summed E-state index contributed by atoms with van der Waals surface area (Å²) in [4.78, 5) is 24.4. The van der Waals surface area contributed by atoms with Crippen LogP contribution in [0.3, 0.4) is 0 Å². The molecule has 1 N–H and O–H groups in total. The van der Waals surface area contributed by atoms with Gasteiger partial charge in [0.15, 0.2) is 6.10 Å². The maximum atomic E-state index is 12.2. The summed E-state index contributed by atoms with van der Waals surface area (Å²) >= 11 is 0. The van der Waals surface area contributed by atoms with Gasteiger partial charge in [0, 0.05) is 12.8 Å². The van der Waals surface area contributed by atoms with Crippen LogP contribution in [0.2, 0.25) is 0 Å². The Kier molecular flexibility index (Phi) is 47.4. The number of rotatable bonds is 46. The maximum absolute atomic E-state index is 12.2. The average Bonchev–Trinajstić information content (AvgIpc) is 3.23. The van der Waals surface area contributed by atoms with Gasteiger partial charge in [0.2, 0.25) is 0 Å². The fourth-order valence-corrected chi connectivity index (χ4v) is 7.27. The minimum Gasteiger partial charge on any atom is -0.462 e. The molecule has 0 spiro atoms. The number of hydrogen-bond donors (Lipinski definition) is 1. The molecule has 338 valence electrons. The fraction of sp³-hybridized carbons (Fsp3) is 0.811. The number of carbonyl (C=O) groups excluding carboxylic acids is 2. The molecule has 0 amide bonds. The Labute approximate surface area is 360 Å². The van der Waals surface area contributed by atoms with Crippen molar-refractivity contribution in [3.8, 4) is 0 Å². The number of unbranched alkanes of at least 4 members (excludes halogenated alkanes) is 30. The highest BCUT2D eigenvalue weighted by Gasteiger charge is 2.16. The summed E-state index contributed by atoms with van der Waals surface area (Å²) < 4.78 is 10.6. The van der Waals surface area contributed by atoms with E-state index in [0.717, 1.165) is 64.2 Å². The third kappa shape index (κ3) is 46.5. The van der Waals surface area contributed by atoms with Gasteiger partial charge < -0.3 is 14.6 Å². The molecule has 58 heavy (non-hydrogen) atoms. The second-order valence-electron chi connectivity index (χ2n) is 16.9. The maximum Gasteiger partial charge on any atom is 0.306 e. The molecular formula is C53H96O5. The van der Waals surface area contributed by atoms with Crippen LogP contribution in [-0.2, 0) is 19.1 Å². The van der Waals surface area contributed by atoms with Crippen molar-refractivity contribution >= 4 is 11.9 Å². The number of aliphatic hydroxyl groups is 1. The van der Waals surface area contributed by atoms with Crippen molar-refractivity contribution in [3.05, 3.63) is 48.6 Å². The highest BCUT2D eigenvalue weighted by atomic mass is 16.6. The first-order valence-corrected chi connectivity index (χ1v) is 25.2. The van der Waals surface area contributed by atoms with Crippen molar-refractivity contribution in [2.45, 2.75) is 264 Å². The topological polar surface area (TPSA) is 72.8 Å². The lowest BCUT2D eigenvalue weighted by Gasteiger charge is -2.15. The Balaban J connectivity index is 3.43. The number of esters is 2. The molecule has 0 aromatic rings. The molecule has 0 aliphatic carbocycles. The van der Waals surface area contributed by atoms with Crippen LogP contribution in [-0.4, -0.2) is 36.4 Å².